The molecule has 0 radical (unpaired) electrons. The van der Waals surface area contributed by atoms with Crippen molar-refractivity contribution in [1.29, 1.82) is 0 Å². The van der Waals surface area contributed by atoms with Gasteiger partial charge in [0.05, 0.1) is 6.54 Å². The van der Waals surface area contributed by atoms with Gasteiger partial charge in [-0.15, -0.1) is 0 Å². The van der Waals surface area contributed by atoms with Gasteiger partial charge < -0.3 is 9.64 Å². The van der Waals surface area contributed by atoms with Gasteiger partial charge >= 0.3 is 6.09 Å². The third-order valence-electron chi connectivity index (χ3n) is 4.76. The minimum Gasteiger partial charge on any atom is -0.445 e. The van der Waals surface area contributed by atoms with Gasteiger partial charge in [-0.25, -0.2) is 4.79 Å². The van der Waals surface area contributed by atoms with Gasteiger partial charge in [0.25, 0.3) is 10.1 Å². The second kappa shape index (κ2) is 11.5. The number of benzene rings is 2. The van der Waals surface area contributed by atoms with Crippen LogP contribution in [0.15, 0.2) is 60.7 Å². The van der Waals surface area contributed by atoms with Crippen LogP contribution in [0.4, 0.5) is 4.79 Å². The Kier molecular flexibility index (Phi) is 8.47. The lowest BCUT2D eigenvalue weighted by atomic mass is 10.2. The number of amides is 1. The standard InChI is InChI=1S/C23H26N2O5S/c26-23(29-19-21-9-3-1-4-10-21)25-16-14-24(15-17-25)13-7-8-18-30-31(27,28)20-22-11-5-2-6-12-22/h1-6,9-12H,13-20H2. The van der Waals surface area contributed by atoms with Crippen molar-refractivity contribution < 1.29 is 22.1 Å². The fourth-order valence-electron chi connectivity index (χ4n) is 3.06. The predicted octanol–water partition coefficient (Wildman–Crippen LogP) is 2.49. The molecule has 0 unspecified atom stereocenters. The Labute approximate surface area is 183 Å². The van der Waals surface area contributed by atoms with Crippen molar-refractivity contribution in [1.82, 2.24) is 9.80 Å². The summed E-state index contributed by atoms with van der Waals surface area (Å²) < 4.78 is 34.2. The first-order chi connectivity index (χ1) is 15.0. The largest absolute Gasteiger partial charge is 0.445 e. The smallest absolute Gasteiger partial charge is 0.410 e. The molecule has 8 heteroatoms. The first-order valence-electron chi connectivity index (χ1n) is 10.1. The van der Waals surface area contributed by atoms with Crippen molar-refractivity contribution in [2.75, 3.05) is 39.3 Å². The Morgan fingerprint density at radius 2 is 1.48 bits per heavy atom. The van der Waals surface area contributed by atoms with Crippen LogP contribution >= 0.6 is 0 Å². The zero-order valence-corrected chi connectivity index (χ0v) is 18.1. The Bertz CT molecular complexity index is 993. The fraction of sp³-hybridized carbons (Fsp3) is 0.348. The summed E-state index contributed by atoms with van der Waals surface area (Å²) in [6.07, 6.45) is -0.313. The van der Waals surface area contributed by atoms with Crippen molar-refractivity contribution in [3.05, 3.63) is 71.8 Å². The molecule has 1 fully saturated rings. The molecule has 164 valence electrons. The summed E-state index contributed by atoms with van der Waals surface area (Å²) in [6, 6.07) is 18.5. The van der Waals surface area contributed by atoms with Crippen LogP contribution in [-0.2, 0) is 31.4 Å². The highest BCUT2D eigenvalue weighted by Crippen LogP contribution is 2.08. The minimum atomic E-state index is -3.66. The van der Waals surface area contributed by atoms with E-state index in [-0.39, 0.29) is 25.1 Å². The van der Waals surface area contributed by atoms with Gasteiger partial charge in [-0.05, 0) is 11.1 Å². The van der Waals surface area contributed by atoms with E-state index in [1.807, 2.05) is 36.4 Å². The van der Waals surface area contributed by atoms with E-state index < -0.39 is 10.1 Å². The molecule has 0 aliphatic carbocycles. The molecule has 1 saturated heterocycles. The average Bonchev–Trinajstić information content (AvgIpc) is 2.78. The number of piperazine rings is 1. The number of rotatable bonds is 7. The van der Waals surface area contributed by atoms with Crippen LogP contribution in [0.5, 0.6) is 0 Å². The highest BCUT2D eigenvalue weighted by Gasteiger charge is 2.21. The third kappa shape index (κ3) is 8.06. The van der Waals surface area contributed by atoms with E-state index in [9.17, 15) is 13.2 Å². The summed E-state index contributed by atoms with van der Waals surface area (Å²) >= 11 is 0. The number of nitrogens with zero attached hydrogens (tertiary/aromatic N) is 2. The van der Waals surface area contributed by atoms with E-state index in [0.717, 1.165) is 5.56 Å². The van der Waals surface area contributed by atoms with E-state index in [2.05, 4.69) is 16.7 Å². The van der Waals surface area contributed by atoms with E-state index in [1.54, 1.807) is 29.2 Å². The Morgan fingerprint density at radius 1 is 0.871 bits per heavy atom. The van der Waals surface area contributed by atoms with Gasteiger partial charge in [-0.3, -0.25) is 9.08 Å². The predicted molar refractivity (Wildman–Crippen MR) is 117 cm³/mol. The topological polar surface area (TPSA) is 76.2 Å². The molecule has 2 aromatic carbocycles. The van der Waals surface area contributed by atoms with E-state index in [1.165, 1.54) is 0 Å². The zero-order chi connectivity index (χ0) is 21.9. The van der Waals surface area contributed by atoms with Crippen LogP contribution in [0.3, 0.4) is 0 Å². The van der Waals surface area contributed by atoms with Crippen LogP contribution in [-0.4, -0.2) is 63.6 Å². The van der Waals surface area contributed by atoms with Gasteiger partial charge in [-0.2, -0.15) is 8.42 Å². The van der Waals surface area contributed by atoms with Gasteiger partial charge in [0, 0.05) is 26.2 Å². The van der Waals surface area contributed by atoms with Crippen molar-refractivity contribution in [3.63, 3.8) is 0 Å². The molecule has 1 heterocycles. The monoisotopic (exact) mass is 442 g/mol. The first kappa shape index (κ1) is 22.8. The molecule has 1 aliphatic heterocycles. The van der Waals surface area contributed by atoms with Crippen LogP contribution in [0.25, 0.3) is 0 Å². The molecule has 1 aliphatic rings. The minimum absolute atomic E-state index is 0.166. The normalized spacial score (nSPS) is 14.5. The number of carbonyl (C=O) groups is 1. The fourth-order valence-corrected chi connectivity index (χ4v) is 3.98. The molecule has 0 saturated carbocycles. The molecule has 31 heavy (non-hydrogen) atoms. The van der Waals surface area contributed by atoms with Crippen molar-refractivity contribution in [3.8, 4) is 11.8 Å². The van der Waals surface area contributed by atoms with Crippen molar-refractivity contribution in [2.24, 2.45) is 0 Å². The lowest BCUT2D eigenvalue weighted by molar-refractivity contribution is 0.0745. The molecule has 0 N–H and O–H groups in total. The Hall–Kier alpha value is -2.86. The van der Waals surface area contributed by atoms with Gasteiger partial charge in [0.1, 0.15) is 19.0 Å². The molecule has 7 nitrogen and oxygen atoms in total. The highest BCUT2D eigenvalue weighted by molar-refractivity contribution is 7.85. The molecule has 0 atom stereocenters. The highest BCUT2D eigenvalue weighted by atomic mass is 32.2. The van der Waals surface area contributed by atoms with Crippen molar-refractivity contribution >= 4 is 16.2 Å². The second-order valence-corrected chi connectivity index (χ2v) is 8.75. The summed E-state index contributed by atoms with van der Waals surface area (Å²) in [5.74, 6) is 5.51. The zero-order valence-electron chi connectivity index (χ0n) is 17.3. The maximum absolute atomic E-state index is 12.2. The first-order valence-corrected chi connectivity index (χ1v) is 11.6. The quantitative estimate of drug-likeness (QED) is 0.484. The third-order valence-corrected chi connectivity index (χ3v) is 5.92. The van der Waals surface area contributed by atoms with Crippen LogP contribution in [0, 0.1) is 11.8 Å². The molecule has 0 bridgehead atoms. The number of hydrogen-bond acceptors (Lipinski definition) is 6. The molecular formula is C23H26N2O5S. The Morgan fingerprint density at radius 3 is 2.13 bits per heavy atom. The summed E-state index contributed by atoms with van der Waals surface area (Å²) in [6.45, 7) is 3.09. The van der Waals surface area contributed by atoms with Crippen LogP contribution in [0.1, 0.15) is 11.1 Å². The number of ether oxygens (including phenoxy) is 1. The molecule has 1 amide bonds. The average molecular weight is 443 g/mol. The van der Waals surface area contributed by atoms with Crippen molar-refractivity contribution in [2.45, 2.75) is 12.4 Å². The maximum atomic E-state index is 12.2. The van der Waals surface area contributed by atoms with E-state index in [0.29, 0.717) is 38.3 Å². The second-order valence-electron chi connectivity index (χ2n) is 7.11. The van der Waals surface area contributed by atoms with E-state index >= 15 is 0 Å². The van der Waals surface area contributed by atoms with Crippen LogP contribution in [0.2, 0.25) is 0 Å². The summed E-state index contributed by atoms with van der Waals surface area (Å²) in [5.41, 5.74) is 1.63. The number of hydrogen-bond donors (Lipinski definition) is 0. The van der Waals surface area contributed by atoms with E-state index in [4.69, 9.17) is 8.92 Å². The van der Waals surface area contributed by atoms with Gasteiger partial charge in [0.15, 0.2) is 0 Å². The summed E-state index contributed by atoms with van der Waals surface area (Å²) in [7, 11) is -3.66. The summed E-state index contributed by atoms with van der Waals surface area (Å²) in [4.78, 5) is 16.0. The van der Waals surface area contributed by atoms with Gasteiger partial charge in [0.2, 0.25) is 0 Å². The lowest BCUT2D eigenvalue weighted by Gasteiger charge is -2.32. The van der Waals surface area contributed by atoms with Gasteiger partial charge in [-0.1, -0.05) is 72.5 Å². The lowest BCUT2D eigenvalue weighted by Crippen LogP contribution is -2.48. The Balaban J connectivity index is 1.32. The SMILES string of the molecule is O=C(OCc1ccccc1)N1CCN(CC#CCOS(=O)(=O)Cc2ccccc2)CC1. The maximum Gasteiger partial charge on any atom is 0.410 e. The molecule has 3 rings (SSSR count). The number of carbonyl (C=O) groups excluding carboxylic acids is 1. The summed E-state index contributed by atoms with van der Waals surface area (Å²) in [5, 5.41) is 0. The van der Waals surface area contributed by atoms with Crippen LogP contribution < -0.4 is 0 Å². The molecule has 0 aromatic heterocycles. The molecule has 0 spiro atoms. The molecule has 2 aromatic rings. The molecular weight excluding hydrogens is 416 g/mol.